The Morgan fingerprint density at radius 3 is 1.98 bits per heavy atom. The smallest absolute Gasteiger partial charge is 0.131 e. The van der Waals surface area contributed by atoms with Crippen molar-refractivity contribution in [3.63, 3.8) is 0 Å². The first-order valence-corrected chi connectivity index (χ1v) is 17.5. The van der Waals surface area contributed by atoms with Gasteiger partial charge >= 0.3 is 0 Å². The molecule has 0 amide bonds. The van der Waals surface area contributed by atoms with Crippen LogP contribution in [0.1, 0.15) is 59.6 Å². The number of hydrogen-bond donors (Lipinski definition) is 2. The standard InChI is InChI=1S/C47H36N4/c1-47(2)41-19-11-18-39(43(41)40-25-20-30(29-48)28-42(40)47)38-27-26-35(36-16-9-10-17-37(36)38)31-21-23-34(24-22-31)46-50-44(32-12-5-3-6-13-32)49-45(51-46)33-14-7-4-8-15-33/h3-28,44,46,50H,1-2H3,(H,49,51). The quantitative estimate of drug-likeness (QED) is 0.194. The van der Waals surface area contributed by atoms with Crippen LogP contribution in [0, 0.1) is 11.3 Å². The van der Waals surface area contributed by atoms with Crippen LogP contribution < -0.4 is 10.6 Å². The van der Waals surface area contributed by atoms with E-state index >= 15 is 0 Å². The van der Waals surface area contributed by atoms with Crippen LogP contribution in [0.25, 0.3) is 44.2 Å². The summed E-state index contributed by atoms with van der Waals surface area (Å²) in [7, 11) is 0. The second kappa shape index (κ2) is 12.2. The van der Waals surface area contributed by atoms with Gasteiger partial charge in [0.25, 0.3) is 0 Å². The van der Waals surface area contributed by atoms with Gasteiger partial charge in [-0.2, -0.15) is 5.26 Å². The fraction of sp³-hybridized carbons (Fsp3) is 0.106. The van der Waals surface area contributed by atoms with Crippen molar-refractivity contribution in [2.24, 2.45) is 4.99 Å². The molecule has 2 N–H and O–H groups in total. The molecule has 0 bridgehead atoms. The number of aliphatic imine (C=N–C) groups is 1. The SMILES string of the molecule is CC1(C)c2cc(C#N)ccc2-c2c(-c3ccc(-c4ccc(C5NC(c6ccccc6)=NC(c6ccccc6)N5)cc4)c4ccccc34)cccc21. The number of fused-ring (bicyclic) bond motifs is 4. The number of amidine groups is 1. The monoisotopic (exact) mass is 656 g/mol. The van der Waals surface area contributed by atoms with Gasteiger partial charge in [-0.3, -0.25) is 5.32 Å². The molecule has 7 aromatic rings. The second-order valence-corrected chi connectivity index (χ2v) is 14.0. The Labute approximate surface area is 298 Å². The number of benzene rings is 7. The molecule has 4 heteroatoms. The summed E-state index contributed by atoms with van der Waals surface area (Å²) in [5, 5.41) is 19.5. The lowest BCUT2D eigenvalue weighted by molar-refractivity contribution is 0.409. The van der Waals surface area contributed by atoms with Crippen LogP contribution >= 0.6 is 0 Å². The van der Waals surface area contributed by atoms with Gasteiger partial charge < -0.3 is 5.32 Å². The minimum atomic E-state index is -0.193. The van der Waals surface area contributed by atoms with Gasteiger partial charge in [0.2, 0.25) is 0 Å². The summed E-state index contributed by atoms with van der Waals surface area (Å²) in [5.74, 6) is 0.878. The first-order chi connectivity index (χ1) is 25.0. The maximum atomic E-state index is 9.65. The van der Waals surface area contributed by atoms with E-state index in [0.29, 0.717) is 5.56 Å². The van der Waals surface area contributed by atoms with Crippen LogP contribution in [0.15, 0.2) is 163 Å². The largest absolute Gasteiger partial charge is 0.350 e. The summed E-state index contributed by atoms with van der Waals surface area (Å²) in [5.41, 5.74) is 13.6. The fourth-order valence-corrected chi connectivity index (χ4v) is 8.00. The van der Waals surface area contributed by atoms with Crippen molar-refractivity contribution in [1.82, 2.24) is 10.6 Å². The van der Waals surface area contributed by atoms with Crippen molar-refractivity contribution in [3.05, 3.63) is 191 Å². The molecule has 1 aliphatic carbocycles. The number of rotatable bonds is 5. The zero-order valence-electron chi connectivity index (χ0n) is 28.6. The Kier molecular flexibility index (Phi) is 7.38. The fourth-order valence-electron chi connectivity index (χ4n) is 8.00. The van der Waals surface area contributed by atoms with Crippen LogP contribution in [0.2, 0.25) is 0 Å². The van der Waals surface area contributed by atoms with Crippen LogP contribution in [0.4, 0.5) is 0 Å². The number of nitriles is 1. The Hall–Kier alpha value is -6.28. The highest BCUT2D eigenvalue weighted by atomic mass is 15.3. The molecule has 244 valence electrons. The van der Waals surface area contributed by atoms with Gasteiger partial charge in [-0.25, -0.2) is 4.99 Å². The van der Waals surface area contributed by atoms with Gasteiger partial charge in [0.1, 0.15) is 18.2 Å². The Morgan fingerprint density at radius 1 is 0.569 bits per heavy atom. The predicted molar refractivity (Wildman–Crippen MR) is 208 cm³/mol. The molecule has 0 radical (unpaired) electrons. The van der Waals surface area contributed by atoms with Gasteiger partial charge in [-0.15, -0.1) is 0 Å². The average Bonchev–Trinajstić information content (AvgIpc) is 3.43. The molecular weight excluding hydrogens is 621 g/mol. The molecule has 1 heterocycles. The van der Waals surface area contributed by atoms with Gasteiger partial charge in [-0.1, -0.05) is 159 Å². The Bertz CT molecular complexity index is 2510. The number of nitrogens with zero attached hydrogens (tertiary/aromatic N) is 2. The van der Waals surface area contributed by atoms with Crippen molar-refractivity contribution in [1.29, 1.82) is 5.26 Å². The van der Waals surface area contributed by atoms with Crippen molar-refractivity contribution >= 4 is 16.6 Å². The second-order valence-electron chi connectivity index (χ2n) is 14.0. The van der Waals surface area contributed by atoms with E-state index in [0.717, 1.165) is 22.5 Å². The van der Waals surface area contributed by atoms with E-state index in [1.165, 1.54) is 55.3 Å². The molecule has 9 rings (SSSR count). The van der Waals surface area contributed by atoms with Crippen LogP contribution in [-0.2, 0) is 5.41 Å². The molecule has 0 fully saturated rings. The normalized spacial score (nSPS) is 17.2. The van der Waals surface area contributed by atoms with Crippen LogP contribution in [0.3, 0.4) is 0 Å². The van der Waals surface area contributed by atoms with Crippen LogP contribution in [-0.4, -0.2) is 5.84 Å². The molecule has 2 aliphatic rings. The lowest BCUT2D eigenvalue weighted by Crippen LogP contribution is -2.44. The van der Waals surface area contributed by atoms with Gasteiger partial charge in [0.15, 0.2) is 0 Å². The van der Waals surface area contributed by atoms with E-state index in [-0.39, 0.29) is 17.7 Å². The minimum Gasteiger partial charge on any atom is -0.350 e. The van der Waals surface area contributed by atoms with Gasteiger partial charge in [0.05, 0.1) is 11.6 Å². The summed E-state index contributed by atoms with van der Waals surface area (Å²) < 4.78 is 0. The van der Waals surface area contributed by atoms with E-state index in [9.17, 15) is 5.26 Å². The summed E-state index contributed by atoms with van der Waals surface area (Å²) >= 11 is 0. The molecule has 1 aliphatic heterocycles. The predicted octanol–water partition coefficient (Wildman–Crippen LogP) is 10.7. The molecule has 0 saturated carbocycles. The van der Waals surface area contributed by atoms with Gasteiger partial charge in [-0.05, 0) is 78.5 Å². The van der Waals surface area contributed by atoms with Crippen molar-refractivity contribution in [3.8, 4) is 39.4 Å². The first kappa shape index (κ1) is 30.8. The third-order valence-corrected chi connectivity index (χ3v) is 10.6. The molecule has 0 aromatic heterocycles. The first-order valence-electron chi connectivity index (χ1n) is 17.5. The van der Waals surface area contributed by atoms with Crippen molar-refractivity contribution in [2.45, 2.75) is 31.6 Å². The van der Waals surface area contributed by atoms with E-state index in [4.69, 9.17) is 4.99 Å². The van der Waals surface area contributed by atoms with E-state index < -0.39 is 0 Å². The number of hydrogen-bond acceptors (Lipinski definition) is 4. The number of nitrogens with one attached hydrogen (secondary N) is 2. The van der Waals surface area contributed by atoms with E-state index in [1.54, 1.807) is 0 Å². The van der Waals surface area contributed by atoms with Crippen molar-refractivity contribution in [2.75, 3.05) is 0 Å². The molecule has 51 heavy (non-hydrogen) atoms. The maximum Gasteiger partial charge on any atom is 0.131 e. The third-order valence-electron chi connectivity index (χ3n) is 10.6. The molecule has 7 aromatic carbocycles. The molecular formula is C47H36N4. The third kappa shape index (κ3) is 5.22. The van der Waals surface area contributed by atoms with Gasteiger partial charge in [0, 0.05) is 11.0 Å². The molecule has 2 unspecified atom stereocenters. The summed E-state index contributed by atoms with van der Waals surface area (Å²) in [6, 6.07) is 58.1. The average molecular weight is 657 g/mol. The summed E-state index contributed by atoms with van der Waals surface area (Å²) in [6.07, 6.45) is -0.290. The minimum absolute atomic E-state index is 0.118. The maximum absolute atomic E-state index is 9.65. The zero-order chi connectivity index (χ0) is 34.5. The Balaban J connectivity index is 1.09. The zero-order valence-corrected chi connectivity index (χ0v) is 28.6. The lowest BCUT2D eigenvalue weighted by Gasteiger charge is -2.32. The summed E-state index contributed by atoms with van der Waals surface area (Å²) in [4.78, 5) is 5.06. The van der Waals surface area contributed by atoms with Crippen molar-refractivity contribution < 1.29 is 0 Å². The molecule has 0 saturated heterocycles. The topological polar surface area (TPSA) is 60.2 Å². The lowest BCUT2D eigenvalue weighted by atomic mass is 9.81. The Morgan fingerprint density at radius 2 is 1.24 bits per heavy atom. The van der Waals surface area contributed by atoms with E-state index in [1.807, 2.05) is 18.2 Å². The summed E-state index contributed by atoms with van der Waals surface area (Å²) in [6.45, 7) is 4.53. The molecule has 4 nitrogen and oxygen atoms in total. The highest BCUT2D eigenvalue weighted by Gasteiger charge is 2.37. The highest BCUT2D eigenvalue weighted by molar-refractivity contribution is 6.08. The van der Waals surface area contributed by atoms with Crippen LogP contribution in [0.5, 0.6) is 0 Å². The molecule has 2 atom stereocenters. The van der Waals surface area contributed by atoms with E-state index in [2.05, 4.69) is 170 Å². The molecule has 0 spiro atoms. The highest BCUT2D eigenvalue weighted by Crippen LogP contribution is 2.53.